The van der Waals surface area contributed by atoms with Crippen LogP contribution >= 0.6 is 0 Å². The lowest BCUT2D eigenvalue weighted by molar-refractivity contribution is -0.710. The van der Waals surface area contributed by atoms with Gasteiger partial charge in [0.2, 0.25) is 0 Å². The molecular formula is C9H10NO4+. The molecule has 0 aliphatic heterocycles. The summed E-state index contributed by atoms with van der Waals surface area (Å²) in [5.74, 6) is -2.28. The fraction of sp³-hybridized carbons (Fsp3) is 0.222. The number of aliphatic carboxylic acids is 2. The van der Waals surface area contributed by atoms with E-state index in [1.54, 1.807) is 18.2 Å². The number of pyridine rings is 1. The molecule has 0 radical (unpaired) electrons. The molecule has 1 aromatic heterocycles. The average Bonchev–Trinajstić information content (AvgIpc) is 2.15. The maximum atomic E-state index is 10.8. The highest BCUT2D eigenvalue weighted by molar-refractivity contribution is 5.77. The van der Waals surface area contributed by atoms with E-state index in [4.69, 9.17) is 10.2 Å². The number of carboxylic acid groups (broad SMARTS) is 2. The smallest absolute Gasteiger partial charge is 0.374 e. The molecule has 2 N–H and O–H groups in total. The molecule has 0 unspecified atom stereocenters. The van der Waals surface area contributed by atoms with Gasteiger partial charge in [0, 0.05) is 12.1 Å². The summed E-state index contributed by atoms with van der Waals surface area (Å²) in [6.45, 7) is 0. The molecule has 74 valence electrons. The summed E-state index contributed by atoms with van der Waals surface area (Å²) in [5, 5.41) is 17.3. The fourth-order valence-electron chi connectivity index (χ4n) is 1.11. The third-order valence-electron chi connectivity index (χ3n) is 1.75. The summed E-state index contributed by atoms with van der Waals surface area (Å²) in [6, 6.07) is 3.99. The second-order valence-corrected chi connectivity index (χ2v) is 2.77. The Hall–Kier alpha value is -1.91. The van der Waals surface area contributed by atoms with E-state index in [0.29, 0.717) is 0 Å². The fourth-order valence-corrected chi connectivity index (χ4v) is 1.11. The van der Waals surface area contributed by atoms with Gasteiger partial charge in [0.25, 0.3) is 6.04 Å². The molecule has 14 heavy (non-hydrogen) atoms. The molecule has 5 heteroatoms. The maximum absolute atomic E-state index is 10.8. The Morgan fingerprint density at radius 3 is 2.14 bits per heavy atom. The van der Waals surface area contributed by atoms with E-state index in [9.17, 15) is 9.59 Å². The minimum Gasteiger partial charge on any atom is -0.481 e. The standard InChI is InChI=1S/C9H9NO4/c11-8(12)6-7(9(13)14)10-4-2-1-3-5-10/h1-5,7H,6H2,(H-,11,12,13,14)/p+1/t7-/m1/s1. The van der Waals surface area contributed by atoms with Gasteiger partial charge in [-0.3, -0.25) is 4.79 Å². The Labute approximate surface area is 80.2 Å². The normalized spacial score (nSPS) is 12.0. The summed E-state index contributed by atoms with van der Waals surface area (Å²) in [7, 11) is 0. The minimum absolute atomic E-state index is 0.427. The van der Waals surface area contributed by atoms with E-state index in [1.165, 1.54) is 17.0 Å². The zero-order chi connectivity index (χ0) is 10.6. The van der Waals surface area contributed by atoms with Crippen LogP contribution in [0.4, 0.5) is 0 Å². The third-order valence-corrected chi connectivity index (χ3v) is 1.75. The topological polar surface area (TPSA) is 78.5 Å². The molecule has 0 saturated heterocycles. The highest BCUT2D eigenvalue weighted by Crippen LogP contribution is 2.02. The van der Waals surface area contributed by atoms with Gasteiger partial charge in [0.1, 0.15) is 6.42 Å². The number of hydrogen-bond donors (Lipinski definition) is 2. The Kier molecular flexibility index (Phi) is 3.17. The first-order valence-electron chi connectivity index (χ1n) is 4.01. The molecular weight excluding hydrogens is 186 g/mol. The van der Waals surface area contributed by atoms with Gasteiger partial charge in [-0.05, 0) is 0 Å². The minimum atomic E-state index is -1.15. The Bertz CT molecular complexity index is 336. The predicted molar refractivity (Wildman–Crippen MR) is 45.6 cm³/mol. The summed E-state index contributed by atoms with van der Waals surface area (Å²) in [4.78, 5) is 21.2. The van der Waals surface area contributed by atoms with E-state index < -0.39 is 24.4 Å². The molecule has 5 nitrogen and oxygen atoms in total. The van der Waals surface area contributed by atoms with Crippen molar-refractivity contribution in [3.05, 3.63) is 30.6 Å². The molecule has 0 amide bonds. The largest absolute Gasteiger partial charge is 0.481 e. The van der Waals surface area contributed by atoms with Crippen LogP contribution in [0.2, 0.25) is 0 Å². The van der Waals surface area contributed by atoms with E-state index in [2.05, 4.69) is 0 Å². The number of carboxylic acids is 2. The molecule has 1 rings (SSSR count). The van der Waals surface area contributed by atoms with Crippen LogP contribution in [0.5, 0.6) is 0 Å². The zero-order valence-corrected chi connectivity index (χ0v) is 7.33. The summed E-state index contributed by atoms with van der Waals surface area (Å²) < 4.78 is 1.36. The molecule has 0 aromatic carbocycles. The quantitative estimate of drug-likeness (QED) is 0.668. The average molecular weight is 196 g/mol. The summed E-state index contributed by atoms with van der Waals surface area (Å²) in [5.41, 5.74) is 0. The van der Waals surface area contributed by atoms with Gasteiger partial charge < -0.3 is 10.2 Å². The zero-order valence-electron chi connectivity index (χ0n) is 7.33. The van der Waals surface area contributed by atoms with Crippen LogP contribution in [0.25, 0.3) is 0 Å². The number of carbonyl (C=O) groups is 2. The van der Waals surface area contributed by atoms with Crippen LogP contribution in [-0.4, -0.2) is 22.2 Å². The molecule has 0 spiro atoms. The maximum Gasteiger partial charge on any atom is 0.374 e. The van der Waals surface area contributed by atoms with Crippen LogP contribution in [0.1, 0.15) is 12.5 Å². The first-order valence-corrected chi connectivity index (χ1v) is 4.01. The molecule has 0 aliphatic rings. The molecule has 0 fully saturated rings. The highest BCUT2D eigenvalue weighted by atomic mass is 16.4. The van der Waals surface area contributed by atoms with Crippen molar-refractivity contribution < 1.29 is 24.4 Å². The lowest BCUT2D eigenvalue weighted by Crippen LogP contribution is -2.44. The van der Waals surface area contributed by atoms with E-state index in [1.807, 2.05) is 0 Å². The number of rotatable bonds is 4. The molecule has 1 aromatic rings. The van der Waals surface area contributed by atoms with Crippen molar-refractivity contribution in [1.82, 2.24) is 0 Å². The summed E-state index contributed by atoms with van der Waals surface area (Å²) >= 11 is 0. The monoisotopic (exact) mass is 196 g/mol. The molecule has 0 aliphatic carbocycles. The van der Waals surface area contributed by atoms with E-state index in [-0.39, 0.29) is 0 Å². The van der Waals surface area contributed by atoms with Gasteiger partial charge in [-0.1, -0.05) is 6.07 Å². The van der Waals surface area contributed by atoms with Gasteiger partial charge in [-0.25, -0.2) is 4.79 Å². The lowest BCUT2D eigenvalue weighted by Gasteiger charge is -2.03. The SMILES string of the molecule is O=C(O)C[C@H](C(=O)O)[n+]1ccccc1. The number of hydrogen-bond acceptors (Lipinski definition) is 2. The number of aromatic nitrogens is 1. The van der Waals surface area contributed by atoms with Crippen LogP contribution in [-0.2, 0) is 9.59 Å². The van der Waals surface area contributed by atoms with Crippen molar-refractivity contribution in [2.45, 2.75) is 12.5 Å². The van der Waals surface area contributed by atoms with Crippen molar-refractivity contribution in [3.8, 4) is 0 Å². The van der Waals surface area contributed by atoms with E-state index >= 15 is 0 Å². The summed E-state index contributed by atoms with van der Waals surface area (Å²) in [6.07, 6.45) is 2.63. The Morgan fingerprint density at radius 2 is 1.71 bits per heavy atom. The molecule has 0 bridgehead atoms. The third kappa shape index (κ3) is 2.55. The van der Waals surface area contributed by atoms with Crippen LogP contribution in [0, 0.1) is 0 Å². The van der Waals surface area contributed by atoms with Crippen molar-refractivity contribution >= 4 is 11.9 Å². The second-order valence-electron chi connectivity index (χ2n) is 2.77. The van der Waals surface area contributed by atoms with Gasteiger partial charge in [-0.15, -0.1) is 0 Å². The van der Waals surface area contributed by atoms with Gasteiger partial charge >= 0.3 is 11.9 Å². The van der Waals surface area contributed by atoms with Gasteiger partial charge in [-0.2, -0.15) is 4.57 Å². The van der Waals surface area contributed by atoms with Crippen molar-refractivity contribution in [2.75, 3.05) is 0 Å². The van der Waals surface area contributed by atoms with Crippen LogP contribution < -0.4 is 4.57 Å². The molecule has 1 atom stereocenters. The molecule has 1 heterocycles. The van der Waals surface area contributed by atoms with Crippen molar-refractivity contribution in [2.24, 2.45) is 0 Å². The second kappa shape index (κ2) is 4.36. The van der Waals surface area contributed by atoms with Gasteiger partial charge in [0.15, 0.2) is 12.4 Å². The lowest BCUT2D eigenvalue weighted by atomic mass is 10.2. The van der Waals surface area contributed by atoms with Gasteiger partial charge in [0.05, 0.1) is 0 Å². The first-order chi connectivity index (χ1) is 6.61. The molecule has 0 saturated carbocycles. The van der Waals surface area contributed by atoms with Crippen molar-refractivity contribution in [3.63, 3.8) is 0 Å². The van der Waals surface area contributed by atoms with Crippen molar-refractivity contribution in [1.29, 1.82) is 0 Å². The van der Waals surface area contributed by atoms with Crippen LogP contribution in [0.3, 0.4) is 0 Å². The predicted octanol–water partition coefficient (Wildman–Crippen LogP) is 0.0745. The van der Waals surface area contributed by atoms with Crippen LogP contribution in [0.15, 0.2) is 30.6 Å². The Morgan fingerprint density at radius 1 is 1.14 bits per heavy atom. The first kappa shape index (κ1) is 10.2. The Balaban J connectivity index is 2.89. The highest BCUT2D eigenvalue weighted by Gasteiger charge is 2.29. The van der Waals surface area contributed by atoms with E-state index in [0.717, 1.165) is 0 Å². The number of nitrogens with zero attached hydrogens (tertiary/aromatic N) is 1.